The average molecular weight is 312 g/mol. The molecule has 0 aliphatic carbocycles. The van der Waals surface area contributed by atoms with E-state index in [9.17, 15) is 4.79 Å². The van der Waals surface area contributed by atoms with Gasteiger partial charge in [0.1, 0.15) is 4.32 Å². The number of thioether (sulfide) groups is 1. The Balaban J connectivity index is 1.84. The zero-order valence-corrected chi connectivity index (χ0v) is 13.7. The number of hydrogen-bond donors (Lipinski definition) is 1. The first-order valence-electron chi connectivity index (χ1n) is 6.71. The van der Waals surface area contributed by atoms with Gasteiger partial charge in [-0.2, -0.15) is 5.10 Å². The number of aryl methyl sites for hydroxylation is 2. The fraction of sp³-hybridized carbons (Fsp3) is 0.615. The summed E-state index contributed by atoms with van der Waals surface area (Å²) in [6.45, 7) is 5.88. The van der Waals surface area contributed by atoms with E-state index in [2.05, 4.69) is 15.3 Å². The Kier molecular flexibility index (Phi) is 5.04. The van der Waals surface area contributed by atoms with Crippen molar-refractivity contribution in [2.75, 3.05) is 24.2 Å². The van der Waals surface area contributed by atoms with Gasteiger partial charge >= 0.3 is 0 Å². The maximum atomic E-state index is 12.0. The molecule has 0 saturated carbocycles. The molecule has 5 nitrogen and oxygen atoms in total. The van der Waals surface area contributed by atoms with Crippen molar-refractivity contribution in [3.8, 4) is 0 Å². The Morgan fingerprint density at radius 2 is 2.05 bits per heavy atom. The lowest BCUT2D eigenvalue weighted by molar-refractivity contribution is -0.113. The maximum absolute atomic E-state index is 12.0. The van der Waals surface area contributed by atoms with Gasteiger partial charge in [0.25, 0.3) is 0 Å². The number of thiocarbonyl (C=S) groups is 1. The fourth-order valence-electron chi connectivity index (χ4n) is 2.25. The van der Waals surface area contributed by atoms with Gasteiger partial charge in [0, 0.05) is 20.1 Å². The Morgan fingerprint density at radius 1 is 1.40 bits per heavy atom. The molecule has 1 N–H and O–H groups in total. The molecule has 1 aromatic rings. The van der Waals surface area contributed by atoms with E-state index in [1.165, 1.54) is 24.6 Å². The topological polar surface area (TPSA) is 50.2 Å². The molecule has 110 valence electrons. The molecule has 1 aliphatic heterocycles. The van der Waals surface area contributed by atoms with Crippen LogP contribution in [0.3, 0.4) is 0 Å². The van der Waals surface area contributed by atoms with E-state index in [0.717, 1.165) is 34.5 Å². The van der Waals surface area contributed by atoms with Crippen molar-refractivity contribution in [2.45, 2.75) is 26.7 Å². The lowest BCUT2D eigenvalue weighted by Crippen LogP contribution is -2.25. The third-order valence-corrected chi connectivity index (χ3v) is 4.99. The van der Waals surface area contributed by atoms with E-state index in [4.69, 9.17) is 12.2 Å². The molecule has 1 saturated heterocycles. The predicted octanol–water partition coefficient (Wildman–Crippen LogP) is 2.09. The second-order valence-corrected chi connectivity index (χ2v) is 6.58. The summed E-state index contributed by atoms with van der Waals surface area (Å²) in [6.07, 6.45) is 2.39. The van der Waals surface area contributed by atoms with Crippen LogP contribution in [0.2, 0.25) is 0 Å². The van der Waals surface area contributed by atoms with Gasteiger partial charge in [-0.15, -0.1) is 0 Å². The number of anilines is 1. The number of rotatable bonds is 3. The Bertz CT molecular complexity index is 521. The predicted molar refractivity (Wildman–Crippen MR) is 87.2 cm³/mol. The van der Waals surface area contributed by atoms with Crippen molar-refractivity contribution in [3.05, 3.63) is 11.4 Å². The van der Waals surface area contributed by atoms with Crippen LogP contribution < -0.4 is 5.32 Å². The van der Waals surface area contributed by atoms with Crippen LogP contribution in [0.5, 0.6) is 0 Å². The minimum absolute atomic E-state index is 0.0317. The largest absolute Gasteiger partial charge is 0.358 e. The summed E-state index contributed by atoms with van der Waals surface area (Å²) < 4.78 is 2.60. The lowest BCUT2D eigenvalue weighted by Gasteiger charge is -2.17. The molecular formula is C13H20N4OS2. The number of hydrogen-bond acceptors (Lipinski definition) is 4. The van der Waals surface area contributed by atoms with Crippen LogP contribution in [0.25, 0.3) is 0 Å². The van der Waals surface area contributed by atoms with Crippen molar-refractivity contribution in [2.24, 2.45) is 7.05 Å². The number of aromatic nitrogens is 2. The molecule has 1 aromatic heterocycles. The van der Waals surface area contributed by atoms with Gasteiger partial charge in [0.05, 0.1) is 22.8 Å². The first-order chi connectivity index (χ1) is 9.49. The van der Waals surface area contributed by atoms with Crippen molar-refractivity contribution in [1.29, 1.82) is 0 Å². The van der Waals surface area contributed by atoms with Crippen LogP contribution in [0.15, 0.2) is 0 Å². The summed E-state index contributed by atoms with van der Waals surface area (Å²) in [5.74, 6) is 0.319. The standard InChI is InChI=1S/C13H20N4OS2/c1-9-12(10(2)16(3)15-9)14-11(18)8-20-13(19)17-6-4-5-7-17/h4-8H2,1-3H3,(H,14,18). The van der Waals surface area contributed by atoms with Gasteiger partial charge in [0.2, 0.25) is 5.91 Å². The molecule has 20 heavy (non-hydrogen) atoms. The number of amides is 1. The van der Waals surface area contributed by atoms with Crippen LogP contribution in [-0.2, 0) is 11.8 Å². The van der Waals surface area contributed by atoms with Crippen molar-refractivity contribution < 1.29 is 4.79 Å². The third-order valence-electron chi connectivity index (χ3n) is 3.46. The molecule has 0 spiro atoms. The molecule has 0 aromatic carbocycles. The number of carbonyl (C=O) groups is 1. The van der Waals surface area contributed by atoms with Crippen molar-refractivity contribution in [3.63, 3.8) is 0 Å². The molecule has 1 fully saturated rings. The highest BCUT2D eigenvalue weighted by atomic mass is 32.2. The van der Waals surface area contributed by atoms with Crippen LogP contribution >= 0.6 is 24.0 Å². The van der Waals surface area contributed by atoms with Crippen LogP contribution in [-0.4, -0.2) is 43.8 Å². The zero-order valence-electron chi connectivity index (χ0n) is 12.1. The number of nitrogens with one attached hydrogen (secondary N) is 1. The summed E-state index contributed by atoms with van der Waals surface area (Å²) in [5.41, 5.74) is 2.61. The first kappa shape index (κ1) is 15.3. The fourth-order valence-corrected chi connectivity index (χ4v) is 3.30. The Labute approximate surface area is 129 Å². The molecule has 1 aliphatic rings. The minimum atomic E-state index is -0.0317. The molecule has 0 unspecified atom stereocenters. The summed E-state index contributed by atoms with van der Waals surface area (Å²) in [5, 5.41) is 7.21. The quantitative estimate of drug-likeness (QED) is 0.866. The summed E-state index contributed by atoms with van der Waals surface area (Å²) >= 11 is 6.78. The van der Waals surface area contributed by atoms with Gasteiger partial charge in [0.15, 0.2) is 0 Å². The monoisotopic (exact) mass is 312 g/mol. The minimum Gasteiger partial charge on any atom is -0.358 e. The number of carbonyl (C=O) groups excluding carboxylic acids is 1. The van der Waals surface area contributed by atoms with Gasteiger partial charge in [-0.05, 0) is 26.7 Å². The molecule has 0 radical (unpaired) electrons. The van der Waals surface area contributed by atoms with E-state index in [1.807, 2.05) is 20.9 Å². The highest BCUT2D eigenvalue weighted by Gasteiger charge is 2.17. The Morgan fingerprint density at radius 3 is 2.60 bits per heavy atom. The Hall–Kier alpha value is -1.08. The second-order valence-electron chi connectivity index (χ2n) is 4.97. The SMILES string of the molecule is Cc1nn(C)c(C)c1NC(=O)CSC(=S)N1CCCC1. The average Bonchev–Trinajstić information content (AvgIpc) is 3.01. The van der Waals surface area contributed by atoms with Gasteiger partial charge < -0.3 is 10.2 Å². The molecule has 7 heteroatoms. The van der Waals surface area contributed by atoms with E-state index in [1.54, 1.807) is 4.68 Å². The smallest absolute Gasteiger partial charge is 0.234 e. The van der Waals surface area contributed by atoms with E-state index < -0.39 is 0 Å². The molecular weight excluding hydrogens is 292 g/mol. The summed E-state index contributed by atoms with van der Waals surface area (Å²) in [6, 6.07) is 0. The van der Waals surface area contributed by atoms with Gasteiger partial charge in [-0.1, -0.05) is 24.0 Å². The van der Waals surface area contributed by atoms with Crippen LogP contribution in [0.1, 0.15) is 24.2 Å². The van der Waals surface area contributed by atoms with Crippen LogP contribution in [0, 0.1) is 13.8 Å². The van der Waals surface area contributed by atoms with Crippen LogP contribution in [0.4, 0.5) is 5.69 Å². The molecule has 2 heterocycles. The summed E-state index contributed by atoms with van der Waals surface area (Å²) in [7, 11) is 1.87. The highest BCUT2D eigenvalue weighted by molar-refractivity contribution is 8.23. The molecule has 2 rings (SSSR count). The van der Waals surface area contributed by atoms with Gasteiger partial charge in [-0.25, -0.2) is 0 Å². The molecule has 1 amide bonds. The normalized spacial score (nSPS) is 14.7. The molecule has 0 bridgehead atoms. The third kappa shape index (κ3) is 3.52. The maximum Gasteiger partial charge on any atom is 0.234 e. The second kappa shape index (κ2) is 6.58. The first-order valence-corrected chi connectivity index (χ1v) is 8.10. The number of likely N-dealkylation sites (tertiary alicyclic amines) is 1. The molecule has 0 atom stereocenters. The lowest BCUT2D eigenvalue weighted by atomic mass is 10.3. The number of nitrogens with zero attached hydrogens (tertiary/aromatic N) is 3. The zero-order chi connectivity index (χ0) is 14.7. The van der Waals surface area contributed by atoms with Gasteiger partial charge in [-0.3, -0.25) is 9.48 Å². The van der Waals surface area contributed by atoms with Crippen molar-refractivity contribution in [1.82, 2.24) is 14.7 Å². The van der Waals surface area contributed by atoms with Crippen molar-refractivity contribution >= 4 is 39.9 Å². The van der Waals surface area contributed by atoms with E-state index in [-0.39, 0.29) is 5.91 Å². The summed E-state index contributed by atoms with van der Waals surface area (Å²) in [4.78, 5) is 14.2. The van der Waals surface area contributed by atoms with E-state index in [0.29, 0.717) is 5.75 Å². The highest BCUT2D eigenvalue weighted by Crippen LogP contribution is 2.20. The van der Waals surface area contributed by atoms with E-state index >= 15 is 0 Å².